The van der Waals surface area contributed by atoms with E-state index in [4.69, 9.17) is 11.6 Å². The summed E-state index contributed by atoms with van der Waals surface area (Å²) in [5.74, 6) is 1.34. The predicted molar refractivity (Wildman–Crippen MR) is 174 cm³/mol. The Morgan fingerprint density at radius 2 is 1.66 bits per heavy atom. The molecule has 7 nitrogen and oxygen atoms in total. The van der Waals surface area contributed by atoms with Crippen LogP contribution < -0.4 is 4.90 Å². The van der Waals surface area contributed by atoms with E-state index in [1.807, 2.05) is 34.9 Å². The molecule has 0 radical (unpaired) electrons. The second-order valence-electron chi connectivity index (χ2n) is 12.0. The van der Waals surface area contributed by atoms with E-state index >= 15 is 0 Å². The number of aryl methyl sites for hydroxylation is 3. The molecule has 5 rings (SSSR count). The van der Waals surface area contributed by atoms with Crippen LogP contribution >= 0.6 is 45.5 Å². The minimum atomic E-state index is -0.0842. The molecule has 2 unspecified atom stereocenters. The van der Waals surface area contributed by atoms with Crippen molar-refractivity contribution in [2.45, 2.75) is 47.0 Å². The van der Waals surface area contributed by atoms with E-state index in [9.17, 15) is 14.4 Å². The summed E-state index contributed by atoms with van der Waals surface area (Å²) < 4.78 is 1.10. The van der Waals surface area contributed by atoms with Gasteiger partial charge >= 0.3 is 0 Å². The second-order valence-corrected chi connectivity index (χ2v) is 14.9. The maximum Gasteiger partial charge on any atom is 0.256 e. The maximum absolute atomic E-state index is 13.8. The van der Waals surface area contributed by atoms with Gasteiger partial charge in [-0.3, -0.25) is 14.4 Å². The van der Waals surface area contributed by atoms with Crippen molar-refractivity contribution in [1.29, 1.82) is 0 Å². The van der Waals surface area contributed by atoms with Crippen molar-refractivity contribution < 1.29 is 14.4 Å². The highest BCUT2D eigenvalue weighted by molar-refractivity contribution is 14.1. The summed E-state index contributed by atoms with van der Waals surface area (Å²) in [5, 5.41) is 0.667. The lowest BCUT2D eigenvalue weighted by Crippen LogP contribution is -2.44. The van der Waals surface area contributed by atoms with Gasteiger partial charge in [0.15, 0.2) is 0 Å². The molecule has 0 spiro atoms. The molecule has 222 valence electrons. The molecule has 3 fully saturated rings. The zero-order valence-corrected chi connectivity index (χ0v) is 28.1. The van der Waals surface area contributed by atoms with Gasteiger partial charge in [0.2, 0.25) is 11.8 Å². The first-order valence-electron chi connectivity index (χ1n) is 14.6. The maximum atomic E-state index is 13.8. The van der Waals surface area contributed by atoms with Crippen LogP contribution in [0.2, 0.25) is 5.02 Å². The first-order valence-corrected chi connectivity index (χ1v) is 16.9. The Balaban J connectivity index is 1.17. The van der Waals surface area contributed by atoms with Gasteiger partial charge in [0.05, 0.1) is 5.56 Å². The lowest BCUT2D eigenvalue weighted by molar-refractivity contribution is -0.133. The van der Waals surface area contributed by atoms with E-state index in [1.54, 1.807) is 18.3 Å². The van der Waals surface area contributed by atoms with Crippen molar-refractivity contribution in [3.8, 4) is 0 Å². The zero-order valence-electron chi connectivity index (χ0n) is 24.4. The normalized spacial score (nSPS) is 21.4. The molecule has 0 N–H and O–H groups in total. The van der Waals surface area contributed by atoms with E-state index in [1.165, 1.54) is 4.88 Å². The van der Waals surface area contributed by atoms with Crippen LogP contribution in [0, 0.1) is 42.1 Å². The fourth-order valence-corrected chi connectivity index (χ4v) is 8.99. The molecule has 10 heteroatoms. The van der Waals surface area contributed by atoms with Gasteiger partial charge in [-0.2, -0.15) is 0 Å². The standard InChI is InChI=1S/C31H40ClIN4O3S/c1-19-6-7-26(14-27(19)32)37(30(39)23-8-12-35(13-9-23)22(4)38)11-5-10-34-15-24-17-36(18-25(24)16-34)31(40)28-20(2)41-21(3)29(28)33/h6-7,14,23-25H,5,8-13,15-18H2,1-4H3. The second kappa shape index (κ2) is 12.9. The Morgan fingerprint density at radius 1 is 1.00 bits per heavy atom. The fourth-order valence-electron chi connectivity index (χ4n) is 6.73. The van der Waals surface area contributed by atoms with Gasteiger partial charge in [0.25, 0.3) is 5.91 Å². The molecule has 1 aromatic carbocycles. The van der Waals surface area contributed by atoms with Crippen LogP contribution in [0.4, 0.5) is 5.69 Å². The minimum Gasteiger partial charge on any atom is -0.343 e. The Hall–Kier alpha value is -1.69. The highest BCUT2D eigenvalue weighted by atomic mass is 127. The lowest BCUT2D eigenvalue weighted by Gasteiger charge is -2.34. The lowest BCUT2D eigenvalue weighted by atomic mass is 9.94. The molecule has 3 aliphatic heterocycles. The summed E-state index contributed by atoms with van der Waals surface area (Å²) in [6.07, 6.45) is 2.27. The number of thiophene rings is 1. The van der Waals surface area contributed by atoms with Gasteiger partial charge in [0.1, 0.15) is 0 Å². The molecule has 1 aromatic heterocycles. The summed E-state index contributed by atoms with van der Waals surface area (Å²) >= 11 is 10.5. The van der Waals surface area contributed by atoms with Crippen LogP contribution in [0.5, 0.6) is 0 Å². The van der Waals surface area contributed by atoms with Crippen molar-refractivity contribution >= 4 is 68.9 Å². The fraction of sp³-hybridized carbons (Fsp3) is 0.581. The predicted octanol–water partition coefficient (Wildman–Crippen LogP) is 5.62. The summed E-state index contributed by atoms with van der Waals surface area (Å²) in [6.45, 7) is 14.2. The third-order valence-corrected chi connectivity index (χ3v) is 12.3. The number of amides is 3. The number of anilines is 1. The van der Waals surface area contributed by atoms with E-state index in [0.717, 1.165) is 64.4 Å². The van der Waals surface area contributed by atoms with Crippen LogP contribution in [0.25, 0.3) is 0 Å². The number of nitrogens with zero attached hydrogens (tertiary/aromatic N) is 4. The molecule has 3 saturated heterocycles. The number of rotatable bonds is 7. The van der Waals surface area contributed by atoms with Crippen LogP contribution in [-0.4, -0.2) is 84.8 Å². The first kappa shape index (κ1) is 30.8. The summed E-state index contributed by atoms with van der Waals surface area (Å²) in [4.78, 5) is 49.5. The van der Waals surface area contributed by atoms with Gasteiger partial charge in [-0.05, 0) is 98.7 Å². The molecular weight excluding hydrogens is 671 g/mol. The molecule has 3 aliphatic rings. The van der Waals surface area contributed by atoms with Crippen molar-refractivity contribution in [2.24, 2.45) is 17.8 Å². The van der Waals surface area contributed by atoms with Crippen molar-refractivity contribution in [3.05, 3.63) is 47.7 Å². The van der Waals surface area contributed by atoms with Gasteiger partial charge in [-0.25, -0.2) is 0 Å². The van der Waals surface area contributed by atoms with Crippen LogP contribution in [0.15, 0.2) is 18.2 Å². The van der Waals surface area contributed by atoms with Crippen LogP contribution in [0.1, 0.15) is 51.9 Å². The molecule has 0 aliphatic carbocycles. The summed E-state index contributed by atoms with van der Waals surface area (Å²) in [6, 6.07) is 5.88. The first-order chi connectivity index (χ1) is 19.5. The zero-order chi connectivity index (χ0) is 29.4. The molecular formula is C31H40ClIN4O3S. The number of carbonyl (C=O) groups excluding carboxylic acids is 3. The van der Waals surface area contributed by atoms with Gasteiger partial charge in [-0.15, -0.1) is 11.3 Å². The smallest absolute Gasteiger partial charge is 0.256 e. The van der Waals surface area contributed by atoms with E-state index in [-0.39, 0.29) is 23.6 Å². The largest absolute Gasteiger partial charge is 0.343 e. The third-order valence-electron chi connectivity index (χ3n) is 9.13. The molecule has 2 atom stereocenters. The Morgan fingerprint density at radius 3 is 2.22 bits per heavy atom. The monoisotopic (exact) mass is 710 g/mol. The molecule has 3 amide bonds. The Bertz CT molecular complexity index is 1310. The number of likely N-dealkylation sites (tertiary alicyclic amines) is 3. The van der Waals surface area contributed by atoms with E-state index < -0.39 is 0 Å². The third kappa shape index (κ3) is 6.63. The number of carbonyl (C=O) groups is 3. The van der Waals surface area contributed by atoms with Crippen molar-refractivity contribution in [3.63, 3.8) is 0 Å². The molecule has 0 saturated carbocycles. The number of piperidine rings is 1. The van der Waals surface area contributed by atoms with Gasteiger partial charge in [0, 0.05) is 82.7 Å². The number of hydrogen-bond donors (Lipinski definition) is 0. The number of halogens is 2. The van der Waals surface area contributed by atoms with E-state index in [0.29, 0.717) is 49.3 Å². The average Bonchev–Trinajstić information content (AvgIpc) is 3.59. The average molecular weight is 711 g/mol. The summed E-state index contributed by atoms with van der Waals surface area (Å²) in [7, 11) is 0. The molecule has 41 heavy (non-hydrogen) atoms. The minimum absolute atomic E-state index is 0.0763. The van der Waals surface area contributed by atoms with Crippen molar-refractivity contribution in [2.75, 3.05) is 57.3 Å². The number of benzene rings is 1. The topological polar surface area (TPSA) is 64.2 Å². The summed E-state index contributed by atoms with van der Waals surface area (Å²) in [5.41, 5.74) is 2.74. The SMILES string of the molecule is CC(=O)N1CCC(C(=O)N(CCCN2CC3CN(C(=O)c4c(C)sc(C)c4I)CC3C2)c2ccc(C)c(Cl)c2)CC1. The Kier molecular flexibility index (Phi) is 9.67. The van der Waals surface area contributed by atoms with E-state index in [2.05, 4.69) is 46.2 Å². The quantitative estimate of drug-likeness (QED) is 0.351. The van der Waals surface area contributed by atoms with Gasteiger partial charge in [-0.1, -0.05) is 17.7 Å². The number of hydrogen-bond acceptors (Lipinski definition) is 5. The van der Waals surface area contributed by atoms with Crippen LogP contribution in [0.3, 0.4) is 0 Å². The van der Waals surface area contributed by atoms with Crippen molar-refractivity contribution in [1.82, 2.24) is 14.7 Å². The molecule has 4 heterocycles. The highest BCUT2D eigenvalue weighted by Gasteiger charge is 2.42. The van der Waals surface area contributed by atoms with Crippen LogP contribution in [-0.2, 0) is 9.59 Å². The Labute approximate surface area is 266 Å². The van der Waals surface area contributed by atoms with Gasteiger partial charge < -0.3 is 19.6 Å². The molecule has 0 bridgehead atoms. The number of fused-ring (bicyclic) bond motifs is 1. The molecule has 2 aromatic rings. The highest BCUT2D eigenvalue weighted by Crippen LogP contribution is 2.35.